The normalized spacial score (nSPS) is 26.1. The molecule has 1 aromatic rings. The van der Waals surface area contributed by atoms with Crippen LogP contribution in [0.5, 0.6) is 5.75 Å². The van der Waals surface area contributed by atoms with E-state index in [-0.39, 0.29) is 12.0 Å². The fourth-order valence-corrected chi connectivity index (χ4v) is 3.00. The Bertz CT molecular complexity index is 477. The summed E-state index contributed by atoms with van der Waals surface area (Å²) >= 11 is 3.44. The van der Waals surface area contributed by atoms with Crippen molar-refractivity contribution in [3.63, 3.8) is 0 Å². The van der Waals surface area contributed by atoms with Gasteiger partial charge < -0.3 is 14.7 Å². The number of likely N-dealkylation sites (tertiary alicyclic amines) is 1. The molecule has 0 bridgehead atoms. The Kier molecular flexibility index (Phi) is 2.50. The summed E-state index contributed by atoms with van der Waals surface area (Å²) in [5.74, 6) is 1.07. The smallest absolute Gasteiger partial charge is 0.407 e. The lowest BCUT2D eigenvalue weighted by Crippen LogP contribution is -2.43. The van der Waals surface area contributed by atoms with Crippen LogP contribution in [-0.2, 0) is 0 Å². The maximum Gasteiger partial charge on any atom is 0.407 e. The minimum Gasteiger partial charge on any atom is -0.489 e. The molecule has 0 radical (unpaired) electrons. The number of nitrogens with zero attached hydrogens (tertiary/aromatic N) is 1. The molecule has 2 aliphatic heterocycles. The Morgan fingerprint density at radius 1 is 1.53 bits per heavy atom. The second-order valence-electron chi connectivity index (χ2n) is 4.46. The first kappa shape index (κ1) is 10.9. The van der Waals surface area contributed by atoms with Gasteiger partial charge in [-0.25, -0.2) is 4.79 Å². The van der Waals surface area contributed by atoms with Crippen molar-refractivity contribution in [1.29, 1.82) is 0 Å². The van der Waals surface area contributed by atoms with Crippen molar-refractivity contribution in [1.82, 2.24) is 4.90 Å². The van der Waals surface area contributed by atoms with Crippen molar-refractivity contribution >= 4 is 22.0 Å². The van der Waals surface area contributed by atoms with E-state index in [1.54, 1.807) is 0 Å². The van der Waals surface area contributed by atoms with E-state index >= 15 is 0 Å². The average Bonchev–Trinajstić information content (AvgIpc) is 2.66. The van der Waals surface area contributed by atoms with Gasteiger partial charge in [0.1, 0.15) is 11.9 Å². The zero-order chi connectivity index (χ0) is 12.0. The molecule has 2 unspecified atom stereocenters. The molecule has 17 heavy (non-hydrogen) atoms. The van der Waals surface area contributed by atoms with Crippen molar-refractivity contribution in [3.05, 3.63) is 28.2 Å². The lowest BCUT2D eigenvalue weighted by atomic mass is 9.90. The molecule has 0 saturated carbocycles. The monoisotopic (exact) mass is 297 g/mol. The summed E-state index contributed by atoms with van der Waals surface area (Å²) in [5, 5.41) is 9.04. The summed E-state index contributed by atoms with van der Waals surface area (Å²) in [6.07, 6.45) is 0.0605. The van der Waals surface area contributed by atoms with Crippen LogP contribution in [0.3, 0.4) is 0 Å². The SMILES string of the molecule is O=C(O)N1CCC2Oc3ccc(Br)cc3C2C1. The first-order chi connectivity index (χ1) is 8.15. The number of rotatable bonds is 0. The van der Waals surface area contributed by atoms with Crippen LogP contribution in [0.15, 0.2) is 22.7 Å². The number of hydrogen-bond donors (Lipinski definition) is 1. The van der Waals surface area contributed by atoms with E-state index in [4.69, 9.17) is 9.84 Å². The minimum atomic E-state index is -0.841. The van der Waals surface area contributed by atoms with E-state index in [0.29, 0.717) is 13.1 Å². The number of carbonyl (C=O) groups is 1. The van der Waals surface area contributed by atoms with Gasteiger partial charge in [0.25, 0.3) is 0 Å². The highest BCUT2D eigenvalue weighted by atomic mass is 79.9. The van der Waals surface area contributed by atoms with Crippen molar-refractivity contribution < 1.29 is 14.6 Å². The highest BCUT2D eigenvalue weighted by Crippen LogP contribution is 2.43. The molecule has 1 amide bonds. The molecule has 2 heterocycles. The molecule has 4 nitrogen and oxygen atoms in total. The Morgan fingerprint density at radius 3 is 3.12 bits per heavy atom. The minimum absolute atomic E-state index is 0.134. The largest absolute Gasteiger partial charge is 0.489 e. The molecular formula is C12H12BrNO3. The van der Waals surface area contributed by atoms with Crippen LogP contribution in [0.2, 0.25) is 0 Å². The van der Waals surface area contributed by atoms with Gasteiger partial charge >= 0.3 is 6.09 Å². The van der Waals surface area contributed by atoms with Gasteiger partial charge in [-0.2, -0.15) is 0 Å². The number of carboxylic acid groups (broad SMARTS) is 1. The summed E-state index contributed by atoms with van der Waals surface area (Å²) < 4.78 is 6.86. The van der Waals surface area contributed by atoms with Crippen LogP contribution >= 0.6 is 15.9 Å². The molecule has 1 saturated heterocycles. The van der Waals surface area contributed by atoms with E-state index in [1.165, 1.54) is 4.90 Å². The van der Waals surface area contributed by atoms with Gasteiger partial charge in [0, 0.05) is 35.5 Å². The number of fused-ring (bicyclic) bond motifs is 3. The van der Waals surface area contributed by atoms with E-state index in [2.05, 4.69) is 15.9 Å². The van der Waals surface area contributed by atoms with E-state index in [0.717, 1.165) is 22.2 Å². The molecule has 0 aliphatic carbocycles. The van der Waals surface area contributed by atoms with E-state index < -0.39 is 6.09 Å². The predicted molar refractivity (Wildman–Crippen MR) is 65.5 cm³/mol. The second kappa shape index (κ2) is 3.91. The van der Waals surface area contributed by atoms with Crippen molar-refractivity contribution in [2.75, 3.05) is 13.1 Å². The van der Waals surface area contributed by atoms with Gasteiger partial charge in [-0.05, 0) is 18.2 Å². The van der Waals surface area contributed by atoms with Crippen molar-refractivity contribution in [2.45, 2.75) is 18.4 Å². The average molecular weight is 298 g/mol. The molecule has 0 aromatic heterocycles. The van der Waals surface area contributed by atoms with Crippen LogP contribution in [0, 0.1) is 0 Å². The third-order valence-electron chi connectivity index (χ3n) is 3.47. The van der Waals surface area contributed by atoms with Crippen molar-refractivity contribution in [3.8, 4) is 5.75 Å². The predicted octanol–water partition coefficient (Wildman–Crippen LogP) is 2.68. The third-order valence-corrected chi connectivity index (χ3v) is 3.96. The van der Waals surface area contributed by atoms with E-state index in [1.807, 2.05) is 18.2 Å². The maximum atomic E-state index is 11.0. The number of piperidine rings is 1. The van der Waals surface area contributed by atoms with Gasteiger partial charge in [0.2, 0.25) is 0 Å². The van der Waals surface area contributed by atoms with Gasteiger partial charge in [-0.1, -0.05) is 15.9 Å². The fourth-order valence-electron chi connectivity index (χ4n) is 2.62. The highest BCUT2D eigenvalue weighted by Gasteiger charge is 2.40. The molecule has 2 atom stereocenters. The third kappa shape index (κ3) is 1.78. The van der Waals surface area contributed by atoms with Gasteiger partial charge in [0.05, 0.1) is 0 Å². The fraction of sp³-hybridized carbons (Fsp3) is 0.417. The molecule has 90 valence electrons. The highest BCUT2D eigenvalue weighted by molar-refractivity contribution is 9.10. The Balaban J connectivity index is 1.92. The van der Waals surface area contributed by atoms with Crippen molar-refractivity contribution in [2.24, 2.45) is 0 Å². The van der Waals surface area contributed by atoms with Crippen LogP contribution in [0.4, 0.5) is 4.79 Å². The summed E-state index contributed by atoms with van der Waals surface area (Å²) in [6, 6.07) is 5.93. The topological polar surface area (TPSA) is 49.8 Å². The molecule has 1 fully saturated rings. The molecule has 2 aliphatic rings. The summed E-state index contributed by atoms with van der Waals surface area (Å²) in [7, 11) is 0. The number of halogens is 1. The lowest BCUT2D eigenvalue weighted by Gasteiger charge is -2.32. The zero-order valence-electron chi connectivity index (χ0n) is 9.10. The van der Waals surface area contributed by atoms with Gasteiger partial charge in [-0.3, -0.25) is 0 Å². The lowest BCUT2D eigenvalue weighted by molar-refractivity contribution is 0.0900. The standard InChI is InChI=1S/C12H12BrNO3/c13-7-1-2-10-8(5-7)9-6-14(12(15)16)4-3-11(9)17-10/h1-2,5,9,11H,3-4,6H2,(H,15,16). The summed E-state index contributed by atoms with van der Waals surface area (Å²) in [4.78, 5) is 12.5. The van der Waals surface area contributed by atoms with Crippen LogP contribution in [-0.4, -0.2) is 35.3 Å². The zero-order valence-corrected chi connectivity index (χ0v) is 10.7. The Labute approximate surface area is 107 Å². The number of hydrogen-bond acceptors (Lipinski definition) is 2. The molecule has 0 spiro atoms. The van der Waals surface area contributed by atoms with Gasteiger partial charge in [-0.15, -0.1) is 0 Å². The summed E-state index contributed by atoms with van der Waals surface area (Å²) in [5.41, 5.74) is 1.12. The first-order valence-corrected chi connectivity index (χ1v) is 6.38. The second-order valence-corrected chi connectivity index (χ2v) is 5.38. The van der Waals surface area contributed by atoms with Gasteiger partial charge in [0.15, 0.2) is 0 Å². The number of ether oxygens (including phenoxy) is 1. The maximum absolute atomic E-state index is 11.0. The molecule has 1 aromatic carbocycles. The Hall–Kier alpha value is -1.23. The number of amides is 1. The van der Waals surface area contributed by atoms with Crippen LogP contribution < -0.4 is 4.74 Å². The van der Waals surface area contributed by atoms with E-state index in [9.17, 15) is 4.79 Å². The Morgan fingerprint density at radius 2 is 2.35 bits per heavy atom. The molecular weight excluding hydrogens is 286 g/mol. The molecule has 3 rings (SSSR count). The van der Waals surface area contributed by atoms with Crippen LogP contribution in [0.1, 0.15) is 17.9 Å². The summed E-state index contributed by atoms with van der Waals surface area (Å²) in [6.45, 7) is 1.09. The molecule has 1 N–H and O–H groups in total. The number of benzene rings is 1. The molecule has 5 heteroatoms. The first-order valence-electron chi connectivity index (χ1n) is 5.59. The van der Waals surface area contributed by atoms with Crippen LogP contribution in [0.25, 0.3) is 0 Å². The quantitative estimate of drug-likeness (QED) is 0.801.